The molecule has 4 nitrogen and oxygen atoms in total. The first-order valence-corrected chi connectivity index (χ1v) is 6.76. The van der Waals surface area contributed by atoms with Crippen molar-refractivity contribution >= 4 is 42.2 Å². The summed E-state index contributed by atoms with van der Waals surface area (Å²) in [6.07, 6.45) is 9.19. The highest BCUT2D eigenvalue weighted by Crippen LogP contribution is 2.19. The first kappa shape index (κ1) is 15.7. The van der Waals surface area contributed by atoms with Crippen LogP contribution in [0.1, 0.15) is 19.8 Å². The van der Waals surface area contributed by atoms with Crippen LogP contribution in [0.3, 0.4) is 0 Å². The number of allylic oxidation sites excluding steroid dienone is 4. The summed E-state index contributed by atoms with van der Waals surface area (Å²) in [6.45, 7) is 1.47. The number of nitrogens with one attached hydrogen (secondary N) is 2. The summed E-state index contributed by atoms with van der Waals surface area (Å²) in [5.41, 5.74) is 1.94. The van der Waals surface area contributed by atoms with Gasteiger partial charge in [0.15, 0.2) is 0 Å². The lowest BCUT2D eigenvalue weighted by Crippen LogP contribution is -2.20. The zero-order valence-corrected chi connectivity index (χ0v) is 12.3. The van der Waals surface area contributed by atoms with Gasteiger partial charge in [-0.3, -0.25) is 9.59 Å². The Labute approximate surface area is 123 Å². The molecule has 1 aliphatic carbocycles. The van der Waals surface area contributed by atoms with Crippen molar-refractivity contribution in [2.45, 2.75) is 19.8 Å². The third-order valence-electron chi connectivity index (χ3n) is 2.50. The fraction of sp³-hybridized carbons (Fsp3) is 0.308. The summed E-state index contributed by atoms with van der Waals surface area (Å²) >= 11 is 8.69. The van der Waals surface area contributed by atoms with E-state index in [0.717, 1.165) is 24.0 Å². The molecule has 0 fully saturated rings. The van der Waals surface area contributed by atoms with E-state index in [1.807, 2.05) is 18.2 Å². The number of hydrogen-bond acceptors (Lipinski definition) is 4. The van der Waals surface area contributed by atoms with Gasteiger partial charge in [-0.05, 0) is 24.8 Å². The van der Waals surface area contributed by atoms with E-state index >= 15 is 0 Å². The molecular formula is C13H16N2O2S2. The van der Waals surface area contributed by atoms with Gasteiger partial charge >= 0.3 is 0 Å². The Morgan fingerprint density at radius 2 is 2.26 bits per heavy atom. The van der Waals surface area contributed by atoms with Crippen LogP contribution in [0.2, 0.25) is 0 Å². The lowest BCUT2D eigenvalue weighted by atomic mass is 10.0. The number of rotatable bonds is 4. The van der Waals surface area contributed by atoms with E-state index in [9.17, 15) is 9.59 Å². The fourth-order valence-corrected chi connectivity index (χ4v) is 2.03. The Morgan fingerprint density at radius 3 is 2.89 bits per heavy atom. The van der Waals surface area contributed by atoms with E-state index in [2.05, 4.69) is 35.5 Å². The van der Waals surface area contributed by atoms with E-state index in [-0.39, 0.29) is 17.7 Å². The molecule has 102 valence electrons. The smallest absolute Gasteiger partial charge is 0.261 e. The van der Waals surface area contributed by atoms with Crippen molar-refractivity contribution < 1.29 is 9.59 Å². The van der Waals surface area contributed by atoms with Crippen LogP contribution in [0.5, 0.6) is 0 Å². The van der Waals surface area contributed by atoms with Crippen LogP contribution in [0.15, 0.2) is 34.9 Å². The summed E-state index contributed by atoms with van der Waals surface area (Å²) < 4.78 is 0. The first-order chi connectivity index (χ1) is 9.02. The van der Waals surface area contributed by atoms with E-state index in [0.29, 0.717) is 4.91 Å². The minimum atomic E-state index is -0.314. The molecule has 6 heteroatoms. The van der Waals surface area contributed by atoms with E-state index < -0.39 is 0 Å². The van der Waals surface area contributed by atoms with Gasteiger partial charge in [0.2, 0.25) is 5.91 Å². The van der Waals surface area contributed by atoms with Crippen molar-refractivity contribution in [1.29, 1.82) is 0 Å². The third kappa shape index (κ3) is 5.85. The van der Waals surface area contributed by atoms with Gasteiger partial charge in [-0.2, -0.15) is 0 Å². The van der Waals surface area contributed by atoms with Gasteiger partial charge in [-0.1, -0.05) is 30.4 Å². The maximum Gasteiger partial charge on any atom is 0.261 e. The molecule has 0 aromatic rings. The predicted molar refractivity (Wildman–Crippen MR) is 82.6 cm³/mol. The zero-order chi connectivity index (χ0) is 14.3. The third-order valence-corrected chi connectivity index (χ3v) is 2.97. The number of hydrogen-bond donors (Lipinski definition) is 3. The Morgan fingerprint density at radius 1 is 1.53 bits per heavy atom. The van der Waals surface area contributed by atoms with Crippen LogP contribution in [0.25, 0.3) is 0 Å². The molecule has 0 aliphatic heterocycles. The molecular weight excluding hydrogens is 280 g/mol. The van der Waals surface area contributed by atoms with E-state index in [1.165, 1.54) is 6.92 Å². The SMILES string of the molecule is CC(=O)NC1=CCCC(/C=C(/S)C(=O)NC=S)C=C1. The average molecular weight is 296 g/mol. The molecule has 0 radical (unpaired) electrons. The van der Waals surface area contributed by atoms with Gasteiger partial charge < -0.3 is 10.6 Å². The van der Waals surface area contributed by atoms with Crippen LogP contribution in [0.4, 0.5) is 0 Å². The van der Waals surface area contributed by atoms with Crippen molar-refractivity contribution in [2.24, 2.45) is 5.92 Å². The van der Waals surface area contributed by atoms with Gasteiger partial charge in [0.05, 0.1) is 10.4 Å². The summed E-state index contributed by atoms with van der Waals surface area (Å²) in [4.78, 5) is 22.8. The minimum absolute atomic E-state index is 0.0971. The quantitative estimate of drug-likeness (QED) is 0.422. The molecule has 1 unspecified atom stereocenters. The molecule has 1 aliphatic rings. The number of thiocarbonyl (C=S) groups is 1. The highest BCUT2D eigenvalue weighted by molar-refractivity contribution is 7.85. The fourth-order valence-electron chi connectivity index (χ4n) is 1.66. The predicted octanol–water partition coefficient (Wildman–Crippen LogP) is 1.86. The maximum atomic E-state index is 11.5. The molecule has 0 saturated heterocycles. The summed E-state index contributed by atoms with van der Waals surface area (Å²) in [5, 5.41) is 5.13. The lowest BCUT2D eigenvalue weighted by molar-refractivity contribution is -0.118. The molecule has 1 atom stereocenters. The van der Waals surface area contributed by atoms with Crippen LogP contribution < -0.4 is 10.6 Å². The van der Waals surface area contributed by atoms with E-state index in [1.54, 1.807) is 6.08 Å². The normalized spacial score (nSPS) is 19.2. The van der Waals surface area contributed by atoms with Crippen LogP contribution in [-0.4, -0.2) is 17.3 Å². The van der Waals surface area contributed by atoms with Crippen molar-refractivity contribution in [3.63, 3.8) is 0 Å². The monoisotopic (exact) mass is 296 g/mol. The zero-order valence-electron chi connectivity index (χ0n) is 10.6. The molecule has 0 aromatic carbocycles. The Hall–Kier alpha value is -1.40. The topological polar surface area (TPSA) is 58.2 Å². The Balaban J connectivity index is 2.68. The van der Waals surface area contributed by atoms with Crippen LogP contribution in [-0.2, 0) is 9.59 Å². The number of thiol groups is 1. The molecule has 19 heavy (non-hydrogen) atoms. The molecule has 1 rings (SSSR count). The maximum absolute atomic E-state index is 11.5. The van der Waals surface area contributed by atoms with Gasteiger partial charge in [0.1, 0.15) is 0 Å². The van der Waals surface area contributed by atoms with Gasteiger partial charge in [-0.25, -0.2) is 0 Å². The molecule has 2 amide bonds. The van der Waals surface area contributed by atoms with Gasteiger partial charge in [0, 0.05) is 12.6 Å². The summed E-state index contributed by atoms with van der Waals surface area (Å²) in [5.74, 6) is -0.308. The lowest BCUT2D eigenvalue weighted by Gasteiger charge is -2.06. The molecule has 0 spiro atoms. The molecule has 2 N–H and O–H groups in total. The Kier molecular flexibility index (Phi) is 6.52. The van der Waals surface area contributed by atoms with Crippen molar-refractivity contribution in [1.82, 2.24) is 10.6 Å². The van der Waals surface area contributed by atoms with Gasteiger partial charge in [-0.15, -0.1) is 12.6 Å². The second kappa shape index (κ2) is 7.91. The number of carbonyl (C=O) groups excluding carboxylic acids is 2. The van der Waals surface area contributed by atoms with E-state index in [4.69, 9.17) is 0 Å². The molecule has 0 heterocycles. The van der Waals surface area contributed by atoms with Crippen molar-refractivity contribution in [2.75, 3.05) is 0 Å². The van der Waals surface area contributed by atoms with Crippen LogP contribution in [0, 0.1) is 5.92 Å². The number of carbonyl (C=O) groups is 2. The largest absolute Gasteiger partial charge is 0.327 e. The molecule has 0 aromatic heterocycles. The number of amides is 2. The van der Waals surface area contributed by atoms with Crippen LogP contribution >= 0.6 is 24.8 Å². The molecule has 0 bridgehead atoms. The van der Waals surface area contributed by atoms with Crippen molar-refractivity contribution in [3.05, 3.63) is 34.9 Å². The summed E-state index contributed by atoms with van der Waals surface area (Å²) in [7, 11) is 0. The van der Waals surface area contributed by atoms with Gasteiger partial charge in [0.25, 0.3) is 5.91 Å². The van der Waals surface area contributed by atoms with Crippen molar-refractivity contribution in [3.8, 4) is 0 Å². The highest BCUT2D eigenvalue weighted by atomic mass is 32.1. The Bertz CT molecular complexity index is 467. The second-order valence-electron chi connectivity index (χ2n) is 4.08. The second-order valence-corrected chi connectivity index (χ2v) is 4.80. The summed E-state index contributed by atoms with van der Waals surface area (Å²) in [6, 6.07) is 0. The average Bonchev–Trinajstić information content (AvgIpc) is 2.54. The highest BCUT2D eigenvalue weighted by Gasteiger charge is 2.10. The molecule has 0 saturated carbocycles. The first-order valence-electron chi connectivity index (χ1n) is 5.84. The minimum Gasteiger partial charge on any atom is -0.327 e. The standard InChI is InChI=1S/C13H16N2O2S2/c1-9(16)15-11-4-2-3-10(5-6-11)7-12(19)13(17)14-8-18/h4-8,10,19H,2-3H2,1H3,(H,15,16)(H,14,17,18)/b12-7+.